The fraction of sp³-hybridized carbons (Fsp3) is 0.0714. The van der Waals surface area contributed by atoms with Crippen LogP contribution in [0.1, 0.15) is 11.1 Å². The van der Waals surface area contributed by atoms with Gasteiger partial charge in [0, 0.05) is 17.8 Å². The van der Waals surface area contributed by atoms with Crippen molar-refractivity contribution in [3.05, 3.63) is 65.0 Å². The highest BCUT2D eigenvalue weighted by Gasteiger charge is 2.05. The van der Waals surface area contributed by atoms with Gasteiger partial charge in [0.05, 0.1) is 5.56 Å². The van der Waals surface area contributed by atoms with Crippen LogP contribution in [0.3, 0.4) is 0 Å². The quantitative estimate of drug-likeness (QED) is 0.917. The van der Waals surface area contributed by atoms with Crippen LogP contribution in [0.4, 0.5) is 18.9 Å². The molecule has 2 aromatic rings. The molecule has 96 valence electrons. The normalized spacial score (nSPS) is 10.0. The molecule has 0 aliphatic heterocycles. The number of hydrogen-bond acceptors (Lipinski definition) is 2. The number of benzene rings is 2. The fourth-order valence-corrected chi connectivity index (χ4v) is 1.60. The highest BCUT2D eigenvalue weighted by molar-refractivity contribution is 5.50. The van der Waals surface area contributed by atoms with Gasteiger partial charge >= 0.3 is 0 Å². The maximum Gasteiger partial charge on any atom is 0.141 e. The Morgan fingerprint density at radius 2 is 1.74 bits per heavy atom. The zero-order valence-corrected chi connectivity index (χ0v) is 9.75. The van der Waals surface area contributed by atoms with E-state index >= 15 is 0 Å². The van der Waals surface area contributed by atoms with E-state index in [4.69, 9.17) is 5.26 Å². The summed E-state index contributed by atoms with van der Waals surface area (Å²) in [5, 5.41) is 11.5. The molecule has 1 N–H and O–H groups in total. The number of nitrogens with one attached hydrogen (secondary N) is 1. The Bertz CT molecular complexity index is 648. The number of halogens is 3. The summed E-state index contributed by atoms with van der Waals surface area (Å²) in [5.41, 5.74) is 0.508. The largest absolute Gasteiger partial charge is 0.381 e. The lowest BCUT2D eigenvalue weighted by atomic mass is 10.1. The van der Waals surface area contributed by atoms with Gasteiger partial charge < -0.3 is 5.32 Å². The van der Waals surface area contributed by atoms with Crippen molar-refractivity contribution < 1.29 is 13.2 Å². The molecule has 2 aromatic carbocycles. The first-order valence-electron chi connectivity index (χ1n) is 5.47. The van der Waals surface area contributed by atoms with E-state index in [-0.39, 0.29) is 17.7 Å². The molecular weight excluding hydrogens is 253 g/mol. The molecule has 0 heterocycles. The molecule has 0 fully saturated rings. The molecule has 0 amide bonds. The number of rotatable bonds is 3. The highest BCUT2D eigenvalue weighted by Crippen LogP contribution is 2.16. The zero-order chi connectivity index (χ0) is 13.8. The summed E-state index contributed by atoms with van der Waals surface area (Å²) in [4.78, 5) is 0. The molecule has 19 heavy (non-hydrogen) atoms. The maximum absolute atomic E-state index is 13.4. The van der Waals surface area contributed by atoms with Crippen LogP contribution in [0.25, 0.3) is 0 Å². The molecule has 0 aliphatic carbocycles. The third kappa shape index (κ3) is 3.05. The summed E-state index contributed by atoms with van der Waals surface area (Å²) < 4.78 is 39.4. The van der Waals surface area contributed by atoms with E-state index in [0.717, 1.165) is 24.3 Å². The molecule has 0 saturated heterocycles. The van der Waals surface area contributed by atoms with Crippen LogP contribution in [0.15, 0.2) is 36.4 Å². The Morgan fingerprint density at radius 3 is 2.47 bits per heavy atom. The van der Waals surface area contributed by atoms with Crippen LogP contribution < -0.4 is 5.32 Å². The lowest BCUT2D eigenvalue weighted by molar-refractivity contribution is 0.587. The van der Waals surface area contributed by atoms with Gasteiger partial charge in [-0.15, -0.1) is 0 Å². The van der Waals surface area contributed by atoms with Gasteiger partial charge in [-0.2, -0.15) is 5.26 Å². The second-order valence-corrected chi connectivity index (χ2v) is 3.90. The van der Waals surface area contributed by atoms with Crippen molar-refractivity contribution in [3.8, 4) is 6.07 Å². The minimum absolute atomic E-state index is 0.0418. The number of nitriles is 1. The molecule has 2 nitrogen and oxygen atoms in total. The van der Waals surface area contributed by atoms with Gasteiger partial charge in [-0.25, -0.2) is 13.2 Å². The van der Waals surface area contributed by atoms with Crippen LogP contribution >= 0.6 is 0 Å². The first-order valence-corrected chi connectivity index (χ1v) is 5.47. The topological polar surface area (TPSA) is 35.8 Å². The zero-order valence-electron chi connectivity index (χ0n) is 9.75. The molecule has 0 aromatic heterocycles. The third-order valence-corrected chi connectivity index (χ3v) is 2.58. The molecular formula is C14H9F3N2. The minimum atomic E-state index is -0.620. The van der Waals surface area contributed by atoms with Crippen LogP contribution in [0, 0.1) is 28.8 Å². The van der Waals surface area contributed by atoms with Gasteiger partial charge in [0.1, 0.15) is 23.5 Å². The average Bonchev–Trinajstić information content (AvgIpc) is 2.41. The SMILES string of the molecule is N#Cc1cc(NCc2cc(F)ccc2F)ccc1F. The van der Waals surface area contributed by atoms with E-state index in [2.05, 4.69) is 5.32 Å². The molecule has 2 rings (SSSR count). The molecule has 0 bridgehead atoms. The lowest BCUT2D eigenvalue weighted by Gasteiger charge is -2.08. The van der Waals surface area contributed by atoms with E-state index in [1.165, 1.54) is 12.1 Å². The van der Waals surface area contributed by atoms with Gasteiger partial charge in [0.25, 0.3) is 0 Å². The molecule has 0 unspecified atom stereocenters. The van der Waals surface area contributed by atoms with E-state index in [1.54, 1.807) is 6.07 Å². The van der Waals surface area contributed by atoms with Crippen LogP contribution in [0.2, 0.25) is 0 Å². The standard InChI is InChI=1S/C14H9F3N2/c15-11-1-3-14(17)10(5-11)8-19-12-2-4-13(16)9(6-12)7-18/h1-6,19H,8H2. The Morgan fingerprint density at radius 1 is 1.00 bits per heavy atom. The summed E-state index contributed by atoms with van der Waals surface area (Å²) in [6.45, 7) is 0.0418. The minimum Gasteiger partial charge on any atom is -0.381 e. The predicted molar refractivity (Wildman–Crippen MR) is 64.8 cm³/mol. The molecule has 5 heteroatoms. The van der Waals surface area contributed by atoms with Crippen molar-refractivity contribution in [1.82, 2.24) is 0 Å². The van der Waals surface area contributed by atoms with Crippen molar-refractivity contribution in [2.24, 2.45) is 0 Å². The number of anilines is 1. The average molecular weight is 262 g/mol. The second-order valence-electron chi connectivity index (χ2n) is 3.90. The Labute approximate surface area is 108 Å². The Hall–Kier alpha value is -2.48. The number of nitrogens with zero attached hydrogens (tertiary/aromatic N) is 1. The fourth-order valence-electron chi connectivity index (χ4n) is 1.60. The summed E-state index contributed by atoms with van der Waals surface area (Å²) >= 11 is 0. The summed E-state index contributed by atoms with van der Waals surface area (Å²) in [5.74, 6) is -1.68. The van der Waals surface area contributed by atoms with Gasteiger partial charge in [-0.1, -0.05) is 0 Å². The maximum atomic E-state index is 13.4. The van der Waals surface area contributed by atoms with Crippen LogP contribution in [-0.4, -0.2) is 0 Å². The molecule has 0 radical (unpaired) electrons. The van der Waals surface area contributed by atoms with Crippen LogP contribution in [0.5, 0.6) is 0 Å². The summed E-state index contributed by atoms with van der Waals surface area (Å²) in [7, 11) is 0. The first kappa shape index (κ1) is 13.0. The first-order chi connectivity index (χ1) is 9.10. The van der Waals surface area contributed by atoms with Crippen molar-refractivity contribution >= 4 is 5.69 Å². The van der Waals surface area contributed by atoms with Crippen molar-refractivity contribution in [2.45, 2.75) is 6.54 Å². The van der Waals surface area contributed by atoms with E-state index < -0.39 is 17.5 Å². The summed E-state index contributed by atoms with van der Waals surface area (Å²) in [6.07, 6.45) is 0. The predicted octanol–water partition coefficient (Wildman–Crippen LogP) is 3.59. The van der Waals surface area contributed by atoms with Crippen molar-refractivity contribution in [2.75, 3.05) is 5.32 Å². The Balaban J connectivity index is 2.15. The highest BCUT2D eigenvalue weighted by atomic mass is 19.1. The second kappa shape index (κ2) is 5.44. The molecule has 0 atom stereocenters. The number of hydrogen-bond donors (Lipinski definition) is 1. The lowest BCUT2D eigenvalue weighted by Crippen LogP contribution is -2.03. The van der Waals surface area contributed by atoms with E-state index in [0.29, 0.717) is 5.69 Å². The van der Waals surface area contributed by atoms with Gasteiger partial charge in [0.2, 0.25) is 0 Å². The van der Waals surface area contributed by atoms with E-state index in [1.807, 2.05) is 0 Å². The molecule has 0 spiro atoms. The monoisotopic (exact) mass is 262 g/mol. The molecule has 0 aliphatic rings. The van der Waals surface area contributed by atoms with Gasteiger partial charge in [0.15, 0.2) is 0 Å². The van der Waals surface area contributed by atoms with Crippen molar-refractivity contribution in [3.63, 3.8) is 0 Å². The van der Waals surface area contributed by atoms with Gasteiger partial charge in [-0.05, 0) is 36.4 Å². The van der Waals surface area contributed by atoms with Crippen LogP contribution in [-0.2, 0) is 6.54 Å². The van der Waals surface area contributed by atoms with E-state index in [9.17, 15) is 13.2 Å². The third-order valence-electron chi connectivity index (χ3n) is 2.58. The van der Waals surface area contributed by atoms with Gasteiger partial charge in [-0.3, -0.25) is 0 Å². The smallest absolute Gasteiger partial charge is 0.141 e. The van der Waals surface area contributed by atoms with Crippen molar-refractivity contribution in [1.29, 1.82) is 5.26 Å². The summed E-state index contributed by atoms with van der Waals surface area (Å²) in [6, 6.07) is 8.74. The Kier molecular flexibility index (Phi) is 3.71. The molecule has 0 saturated carbocycles.